The zero-order valence-electron chi connectivity index (χ0n) is 10.2. The topological polar surface area (TPSA) is 0 Å². The van der Waals surface area contributed by atoms with Crippen molar-refractivity contribution >= 4 is 15.9 Å². The Morgan fingerprint density at radius 3 is 1.67 bits per heavy atom. The van der Waals surface area contributed by atoms with E-state index in [0.717, 1.165) is 24.1 Å². The first-order valence-electron chi connectivity index (χ1n) is 6.21. The van der Waals surface area contributed by atoms with Crippen LogP contribution in [-0.2, 0) is 0 Å². The second kappa shape index (κ2) is 12.0. The summed E-state index contributed by atoms with van der Waals surface area (Å²) < 4.78 is 0. The van der Waals surface area contributed by atoms with Crippen LogP contribution >= 0.6 is 15.9 Å². The van der Waals surface area contributed by atoms with Crippen LogP contribution in [0.2, 0.25) is 0 Å². The van der Waals surface area contributed by atoms with Crippen molar-refractivity contribution < 1.29 is 0 Å². The van der Waals surface area contributed by atoms with Crippen LogP contribution < -0.4 is 0 Å². The number of halogens is 1. The van der Waals surface area contributed by atoms with E-state index in [2.05, 4.69) is 54.1 Å². The highest BCUT2D eigenvalue weighted by molar-refractivity contribution is 9.09. The summed E-state index contributed by atoms with van der Waals surface area (Å²) in [5, 5.41) is 1.15. The van der Waals surface area contributed by atoms with Crippen LogP contribution in [0.15, 0.2) is 24.3 Å². The van der Waals surface area contributed by atoms with Crippen LogP contribution in [0.1, 0.15) is 52.4 Å². The van der Waals surface area contributed by atoms with Gasteiger partial charge >= 0.3 is 0 Å². The average molecular weight is 273 g/mol. The van der Waals surface area contributed by atoms with Gasteiger partial charge in [-0.25, -0.2) is 0 Å². The third kappa shape index (κ3) is 10.2. The van der Waals surface area contributed by atoms with Crippen LogP contribution in [0, 0.1) is 5.92 Å². The third-order valence-corrected chi connectivity index (χ3v) is 3.42. The maximum atomic E-state index is 3.61. The van der Waals surface area contributed by atoms with Gasteiger partial charge in [0.1, 0.15) is 0 Å². The fourth-order valence-corrected chi connectivity index (χ4v) is 2.18. The first-order chi connectivity index (χ1) is 7.35. The Hall–Kier alpha value is -0.0400. The quantitative estimate of drug-likeness (QED) is 0.385. The van der Waals surface area contributed by atoms with Crippen molar-refractivity contribution in [1.82, 2.24) is 0 Å². The lowest BCUT2D eigenvalue weighted by molar-refractivity contribution is 0.513. The number of alkyl halides is 1. The fraction of sp³-hybridized carbons (Fsp3) is 0.714. The first-order valence-corrected chi connectivity index (χ1v) is 7.33. The molecule has 15 heavy (non-hydrogen) atoms. The minimum atomic E-state index is 0.841. The van der Waals surface area contributed by atoms with E-state index in [1.54, 1.807) is 0 Å². The Balaban J connectivity index is 3.54. The van der Waals surface area contributed by atoms with Crippen molar-refractivity contribution in [3.05, 3.63) is 24.3 Å². The summed E-state index contributed by atoms with van der Waals surface area (Å²) in [7, 11) is 0. The molecule has 1 heteroatoms. The zero-order chi connectivity index (χ0) is 11.4. The van der Waals surface area contributed by atoms with Crippen LogP contribution in [-0.4, -0.2) is 5.33 Å². The van der Waals surface area contributed by atoms with Crippen LogP contribution in [0.5, 0.6) is 0 Å². The van der Waals surface area contributed by atoms with Gasteiger partial charge in [0.25, 0.3) is 0 Å². The Kier molecular flexibility index (Phi) is 12.0. The Labute approximate surface area is 104 Å². The molecule has 0 N–H and O–H groups in total. The Morgan fingerprint density at radius 2 is 1.33 bits per heavy atom. The van der Waals surface area contributed by atoms with E-state index in [4.69, 9.17) is 0 Å². The van der Waals surface area contributed by atoms with Gasteiger partial charge in [-0.15, -0.1) is 0 Å². The second-order valence-corrected chi connectivity index (χ2v) is 4.58. The predicted octanol–water partition coefficient (Wildman–Crippen LogP) is 5.49. The molecule has 0 radical (unpaired) electrons. The summed E-state index contributed by atoms with van der Waals surface area (Å²) in [5.41, 5.74) is 0. The van der Waals surface area contributed by atoms with Crippen LogP contribution in [0.4, 0.5) is 0 Å². The second-order valence-electron chi connectivity index (χ2n) is 3.93. The van der Waals surface area contributed by atoms with Gasteiger partial charge in [-0.2, -0.15) is 0 Å². The maximum Gasteiger partial charge on any atom is 0.00598 e. The molecule has 0 fully saturated rings. The van der Waals surface area contributed by atoms with E-state index >= 15 is 0 Å². The molecule has 0 saturated heterocycles. The van der Waals surface area contributed by atoms with Gasteiger partial charge in [0.05, 0.1) is 0 Å². The highest BCUT2D eigenvalue weighted by Gasteiger charge is 2.04. The molecule has 0 aliphatic carbocycles. The van der Waals surface area contributed by atoms with Crippen molar-refractivity contribution in [2.45, 2.75) is 52.4 Å². The van der Waals surface area contributed by atoms with Crippen molar-refractivity contribution in [2.24, 2.45) is 5.92 Å². The number of hydrogen-bond donors (Lipinski definition) is 0. The molecule has 0 heterocycles. The normalized spacial score (nSPS) is 14.1. The standard InChI is InChI=1S/C14H25Br/c1-3-5-7-9-11-14(13-15)12-10-8-6-4-2/h5-8,14H,3-4,9-13H2,1-2H3. The summed E-state index contributed by atoms with van der Waals surface area (Å²) in [6, 6.07) is 0. The molecule has 0 aliphatic rings. The van der Waals surface area contributed by atoms with Crippen molar-refractivity contribution in [1.29, 1.82) is 0 Å². The average Bonchev–Trinajstić information content (AvgIpc) is 2.27. The molecule has 0 aliphatic heterocycles. The van der Waals surface area contributed by atoms with Gasteiger partial charge in [0.2, 0.25) is 0 Å². The molecule has 0 saturated carbocycles. The van der Waals surface area contributed by atoms with Crippen molar-refractivity contribution in [3.63, 3.8) is 0 Å². The zero-order valence-corrected chi connectivity index (χ0v) is 11.8. The molecule has 0 aromatic rings. The van der Waals surface area contributed by atoms with Gasteiger partial charge in [-0.3, -0.25) is 0 Å². The molecule has 0 spiro atoms. The summed E-state index contributed by atoms with van der Waals surface area (Å²) in [6.07, 6.45) is 16.6. The molecule has 0 amide bonds. The Bertz CT molecular complexity index is 152. The number of hydrogen-bond acceptors (Lipinski definition) is 0. The summed E-state index contributed by atoms with van der Waals surface area (Å²) in [6.45, 7) is 4.38. The van der Waals surface area contributed by atoms with Gasteiger partial charge in [-0.05, 0) is 44.4 Å². The van der Waals surface area contributed by atoms with Gasteiger partial charge in [0.15, 0.2) is 0 Å². The van der Waals surface area contributed by atoms with Gasteiger partial charge in [0, 0.05) is 5.33 Å². The molecule has 0 rings (SSSR count). The smallest absolute Gasteiger partial charge is 0.00598 e. The van der Waals surface area contributed by atoms with Gasteiger partial charge < -0.3 is 0 Å². The molecular weight excluding hydrogens is 248 g/mol. The summed E-state index contributed by atoms with van der Waals surface area (Å²) in [4.78, 5) is 0. The Morgan fingerprint density at radius 1 is 0.867 bits per heavy atom. The van der Waals surface area contributed by atoms with E-state index in [0.29, 0.717) is 0 Å². The fourth-order valence-electron chi connectivity index (χ4n) is 1.53. The van der Waals surface area contributed by atoms with E-state index in [9.17, 15) is 0 Å². The number of rotatable bonds is 9. The van der Waals surface area contributed by atoms with E-state index in [-0.39, 0.29) is 0 Å². The lowest BCUT2D eigenvalue weighted by Crippen LogP contribution is -2.00. The minimum absolute atomic E-state index is 0.841. The molecule has 0 bridgehead atoms. The third-order valence-electron chi connectivity index (χ3n) is 2.51. The van der Waals surface area contributed by atoms with E-state index < -0.39 is 0 Å². The molecule has 0 aromatic carbocycles. The molecule has 0 aromatic heterocycles. The maximum absolute atomic E-state index is 3.61. The largest absolute Gasteiger partial charge is 0.0925 e. The van der Waals surface area contributed by atoms with Crippen molar-refractivity contribution in [2.75, 3.05) is 5.33 Å². The van der Waals surface area contributed by atoms with Gasteiger partial charge in [-0.1, -0.05) is 54.1 Å². The lowest BCUT2D eigenvalue weighted by Gasteiger charge is -2.10. The lowest BCUT2D eigenvalue weighted by atomic mass is 9.99. The van der Waals surface area contributed by atoms with E-state index in [1.807, 2.05) is 0 Å². The first kappa shape index (κ1) is 15.0. The number of allylic oxidation sites excluding steroid dienone is 4. The minimum Gasteiger partial charge on any atom is -0.0925 e. The van der Waals surface area contributed by atoms with Crippen LogP contribution in [0.25, 0.3) is 0 Å². The summed E-state index contributed by atoms with van der Waals surface area (Å²) in [5.74, 6) is 0.841. The highest BCUT2D eigenvalue weighted by atomic mass is 79.9. The molecule has 88 valence electrons. The summed E-state index contributed by atoms with van der Waals surface area (Å²) >= 11 is 3.61. The van der Waals surface area contributed by atoms with Crippen molar-refractivity contribution in [3.8, 4) is 0 Å². The molecule has 0 atom stereocenters. The highest BCUT2D eigenvalue weighted by Crippen LogP contribution is 2.17. The SMILES string of the molecule is CCC=CCCC(CBr)CCC=CCC. The molecular formula is C14H25Br. The molecule has 0 nitrogen and oxygen atoms in total. The monoisotopic (exact) mass is 272 g/mol. The van der Waals surface area contributed by atoms with Crippen LogP contribution in [0.3, 0.4) is 0 Å². The molecule has 0 unspecified atom stereocenters. The van der Waals surface area contributed by atoms with E-state index in [1.165, 1.54) is 25.7 Å². The predicted molar refractivity (Wildman–Crippen MR) is 74.6 cm³/mol.